The van der Waals surface area contributed by atoms with Gasteiger partial charge in [-0.05, 0) is 48.4 Å². The molecule has 0 saturated heterocycles. The first-order valence-corrected chi connectivity index (χ1v) is 12.1. The predicted molar refractivity (Wildman–Crippen MR) is 128 cm³/mol. The number of amides is 2. The molecular formula is C27H32N2O5. The summed E-state index contributed by atoms with van der Waals surface area (Å²) in [6.45, 7) is 2.04. The highest BCUT2D eigenvalue weighted by atomic mass is 16.5. The van der Waals surface area contributed by atoms with Crippen molar-refractivity contribution in [1.29, 1.82) is 0 Å². The number of alkyl carbamates (subject to hydrolysis) is 1. The van der Waals surface area contributed by atoms with Crippen molar-refractivity contribution in [1.82, 2.24) is 10.6 Å². The van der Waals surface area contributed by atoms with Gasteiger partial charge in [0.15, 0.2) is 0 Å². The number of carbonyl (C=O) groups excluding carboxylic acids is 2. The second-order valence-corrected chi connectivity index (χ2v) is 9.41. The van der Waals surface area contributed by atoms with Crippen LogP contribution in [0.15, 0.2) is 48.5 Å². The summed E-state index contributed by atoms with van der Waals surface area (Å²) in [6.07, 6.45) is 3.52. The summed E-state index contributed by atoms with van der Waals surface area (Å²) < 4.78 is 5.56. The SMILES string of the molecule is CC(CCC(=O)NC1(C(=O)O)CCCCC1)NC(=O)OCC1c2ccccc2-c2ccccc21. The van der Waals surface area contributed by atoms with Gasteiger partial charge in [0.2, 0.25) is 5.91 Å². The Morgan fingerprint density at radius 3 is 2.18 bits per heavy atom. The summed E-state index contributed by atoms with van der Waals surface area (Å²) in [5.41, 5.74) is 3.48. The maximum Gasteiger partial charge on any atom is 0.407 e. The van der Waals surface area contributed by atoms with Crippen LogP contribution in [0.1, 0.15) is 68.9 Å². The zero-order valence-electron chi connectivity index (χ0n) is 19.5. The molecule has 0 heterocycles. The van der Waals surface area contributed by atoms with Crippen molar-refractivity contribution in [2.75, 3.05) is 6.61 Å². The lowest BCUT2D eigenvalue weighted by atomic mass is 9.81. The van der Waals surface area contributed by atoms with E-state index in [9.17, 15) is 19.5 Å². The average molecular weight is 465 g/mol. The first-order valence-electron chi connectivity index (χ1n) is 12.1. The zero-order chi connectivity index (χ0) is 24.1. The molecule has 2 aliphatic carbocycles. The minimum absolute atomic E-state index is 0.0121. The van der Waals surface area contributed by atoms with Crippen molar-refractivity contribution in [2.24, 2.45) is 0 Å². The van der Waals surface area contributed by atoms with Crippen LogP contribution < -0.4 is 10.6 Å². The zero-order valence-corrected chi connectivity index (χ0v) is 19.5. The first kappa shape index (κ1) is 23.8. The summed E-state index contributed by atoms with van der Waals surface area (Å²) in [4.78, 5) is 36.6. The average Bonchev–Trinajstić information content (AvgIpc) is 3.16. The highest BCUT2D eigenvalue weighted by Gasteiger charge is 2.40. The van der Waals surface area contributed by atoms with Crippen molar-refractivity contribution in [3.63, 3.8) is 0 Å². The van der Waals surface area contributed by atoms with Gasteiger partial charge in [0, 0.05) is 18.4 Å². The van der Waals surface area contributed by atoms with Gasteiger partial charge < -0.3 is 20.5 Å². The van der Waals surface area contributed by atoms with E-state index in [4.69, 9.17) is 4.74 Å². The van der Waals surface area contributed by atoms with Crippen LogP contribution >= 0.6 is 0 Å². The third-order valence-electron chi connectivity index (χ3n) is 7.01. The Kier molecular flexibility index (Phi) is 7.20. The van der Waals surface area contributed by atoms with Crippen LogP contribution in [0.2, 0.25) is 0 Å². The Morgan fingerprint density at radius 2 is 1.59 bits per heavy atom. The number of carboxylic acids is 1. The summed E-state index contributed by atoms with van der Waals surface area (Å²) >= 11 is 0. The Morgan fingerprint density at radius 1 is 1.00 bits per heavy atom. The number of fused-ring (bicyclic) bond motifs is 3. The van der Waals surface area contributed by atoms with Crippen molar-refractivity contribution >= 4 is 18.0 Å². The Hall–Kier alpha value is -3.35. The van der Waals surface area contributed by atoms with E-state index in [2.05, 4.69) is 34.9 Å². The molecule has 34 heavy (non-hydrogen) atoms. The maximum absolute atomic E-state index is 12.4. The van der Waals surface area contributed by atoms with Crippen LogP contribution in [-0.2, 0) is 14.3 Å². The molecule has 0 bridgehead atoms. The molecule has 1 saturated carbocycles. The first-order chi connectivity index (χ1) is 16.4. The molecule has 2 amide bonds. The van der Waals surface area contributed by atoms with E-state index >= 15 is 0 Å². The number of carbonyl (C=O) groups is 3. The van der Waals surface area contributed by atoms with Crippen molar-refractivity contribution in [3.8, 4) is 11.1 Å². The third kappa shape index (κ3) is 5.08. The minimum atomic E-state index is -1.15. The van der Waals surface area contributed by atoms with Crippen LogP contribution in [-0.4, -0.2) is 41.3 Å². The Labute approximate surface area is 199 Å². The molecule has 2 aromatic rings. The summed E-state index contributed by atoms with van der Waals surface area (Å²) in [5.74, 6) is -1.28. The number of aliphatic carboxylic acids is 1. The van der Waals surface area contributed by atoms with E-state index in [0.29, 0.717) is 19.3 Å². The van der Waals surface area contributed by atoms with Crippen molar-refractivity contribution in [2.45, 2.75) is 69.4 Å². The van der Waals surface area contributed by atoms with E-state index in [0.717, 1.165) is 30.4 Å². The standard InChI is InChI=1S/C27H32N2O5/c1-18(13-14-24(30)29-27(25(31)32)15-7-2-8-16-27)28-26(33)34-17-23-21-11-5-3-9-19(21)20-10-4-6-12-22(20)23/h3-6,9-12,18,23H,2,7-8,13-17H2,1H3,(H,28,33)(H,29,30)(H,31,32). The molecule has 0 aromatic heterocycles. The van der Waals surface area contributed by atoms with Crippen molar-refractivity contribution < 1.29 is 24.2 Å². The number of rotatable bonds is 8. The van der Waals surface area contributed by atoms with Crippen LogP contribution in [0.5, 0.6) is 0 Å². The Bertz CT molecular complexity index is 1010. The van der Waals surface area contributed by atoms with Gasteiger partial charge in [0.25, 0.3) is 0 Å². The monoisotopic (exact) mass is 464 g/mol. The smallest absolute Gasteiger partial charge is 0.407 e. The fourth-order valence-electron chi connectivity index (χ4n) is 5.14. The minimum Gasteiger partial charge on any atom is -0.480 e. The summed E-state index contributed by atoms with van der Waals surface area (Å²) in [5, 5.41) is 15.1. The van der Waals surface area contributed by atoms with Gasteiger partial charge >= 0.3 is 12.1 Å². The maximum atomic E-state index is 12.4. The van der Waals surface area contributed by atoms with Crippen molar-refractivity contribution in [3.05, 3.63) is 59.7 Å². The molecule has 3 N–H and O–H groups in total. The van der Waals surface area contributed by atoms with E-state index < -0.39 is 17.6 Å². The molecule has 7 heteroatoms. The van der Waals surface area contributed by atoms with E-state index in [1.165, 1.54) is 11.1 Å². The number of benzene rings is 2. The van der Waals surface area contributed by atoms with Crippen LogP contribution in [0, 0.1) is 0 Å². The highest BCUT2D eigenvalue weighted by Crippen LogP contribution is 2.44. The molecule has 4 rings (SSSR count). The summed E-state index contributed by atoms with van der Waals surface area (Å²) in [7, 11) is 0. The number of ether oxygens (including phenoxy) is 1. The van der Waals surface area contributed by atoms with Gasteiger partial charge in [-0.1, -0.05) is 67.8 Å². The topological polar surface area (TPSA) is 105 Å². The normalized spacial score (nSPS) is 17.2. The lowest BCUT2D eigenvalue weighted by Gasteiger charge is -2.34. The van der Waals surface area contributed by atoms with E-state index in [1.54, 1.807) is 0 Å². The second kappa shape index (κ2) is 10.3. The number of hydrogen-bond acceptors (Lipinski definition) is 4. The molecule has 0 aliphatic heterocycles. The molecule has 7 nitrogen and oxygen atoms in total. The molecule has 0 radical (unpaired) electrons. The van der Waals surface area contributed by atoms with Crippen LogP contribution in [0.3, 0.4) is 0 Å². The largest absolute Gasteiger partial charge is 0.480 e. The molecule has 2 aromatic carbocycles. The van der Waals surface area contributed by atoms with Gasteiger partial charge in [-0.2, -0.15) is 0 Å². The molecule has 1 atom stereocenters. The third-order valence-corrected chi connectivity index (χ3v) is 7.01. The Balaban J connectivity index is 1.25. The van der Waals surface area contributed by atoms with E-state index in [-0.39, 0.29) is 30.9 Å². The molecule has 180 valence electrons. The van der Waals surface area contributed by atoms with Gasteiger partial charge in [-0.25, -0.2) is 9.59 Å². The molecule has 1 unspecified atom stereocenters. The lowest BCUT2D eigenvalue weighted by Crippen LogP contribution is -2.55. The fourth-order valence-corrected chi connectivity index (χ4v) is 5.14. The summed E-state index contributed by atoms with van der Waals surface area (Å²) in [6, 6.07) is 16.0. The lowest BCUT2D eigenvalue weighted by molar-refractivity contribution is -0.149. The fraction of sp³-hybridized carbons (Fsp3) is 0.444. The van der Waals surface area contributed by atoms with Gasteiger partial charge in [0.05, 0.1) is 0 Å². The number of nitrogens with one attached hydrogen (secondary N) is 2. The second-order valence-electron chi connectivity index (χ2n) is 9.41. The van der Waals surface area contributed by atoms with Crippen LogP contribution in [0.25, 0.3) is 11.1 Å². The molecule has 0 spiro atoms. The van der Waals surface area contributed by atoms with Gasteiger partial charge in [-0.15, -0.1) is 0 Å². The van der Waals surface area contributed by atoms with Crippen LogP contribution in [0.4, 0.5) is 4.79 Å². The van der Waals surface area contributed by atoms with E-state index in [1.807, 2.05) is 31.2 Å². The molecular weight excluding hydrogens is 432 g/mol. The highest BCUT2D eigenvalue weighted by molar-refractivity contribution is 5.87. The number of hydrogen-bond donors (Lipinski definition) is 3. The van der Waals surface area contributed by atoms with Gasteiger partial charge in [0.1, 0.15) is 12.1 Å². The predicted octanol–water partition coefficient (Wildman–Crippen LogP) is 4.60. The number of carboxylic acid groups (broad SMARTS) is 1. The van der Waals surface area contributed by atoms with Gasteiger partial charge in [-0.3, -0.25) is 4.79 Å². The molecule has 2 aliphatic rings. The molecule has 1 fully saturated rings. The quantitative estimate of drug-likeness (QED) is 0.530.